The summed E-state index contributed by atoms with van der Waals surface area (Å²) in [4.78, 5) is 12.7. The van der Waals surface area contributed by atoms with E-state index >= 15 is 0 Å². The quantitative estimate of drug-likeness (QED) is 0.396. The molecular weight excluding hydrogens is 482 g/mol. The minimum absolute atomic E-state index is 0.0451. The molecule has 1 aromatic rings. The SMILES string of the molecule is CC(C)Cc1nnc(NC(=O)CC[C@@H](C)[C@@H]2CC[C@@H]3[C@H]4[C@@H](CC[C@@]32C)[C@@]2(C)CC[C@@H](O)C[C@@H]2C[C@@H]4O)s1. The highest BCUT2D eigenvalue weighted by molar-refractivity contribution is 7.15. The molecule has 1 heterocycles. The van der Waals surface area contributed by atoms with Crippen molar-refractivity contribution in [3.8, 4) is 0 Å². The van der Waals surface area contributed by atoms with Gasteiger partial charge in [0.05, 0.1) is 12.2 Å². The maximum absolute atomic E-state index is 12.7. The number of fused-ring (bicyclic) bond motifs is 5. The van der Waals surface area contributed by atoms with Gasteiger partial charge in [-0.15, -0.1) is 10.2 Å². The Morgan fingerprint density at radius 2 is 1.76 bits per heavy atom. The largest absolute Gasteiger partial charge is 0.393 e. The smallest absolute Gasteiger partial charge is 0.226 e. The van der Waals surface area contributed by atoms with E-state index in [4.69, 9.17) is 0 Å². The minimum atomic E-state index is -0.231. The van der Waals surface area contributed by atoms with E-state index in [1.165, 1.54) is 37.0 Å². The summed E-state index contributed by atoms with van der Waals surface area (Å²) in [5.41, 5.74) is 0.520. The van der Waals surface area contributed by atoms with Gasteiger partial charge in [-0.2, -0.15) is 0 Å². The predicted octanol–water partition coefficient (Wildman–Crippen LogP) is 6.08. The summed E-state index contributed by atoms with van der Waals surface area (Å²) in [6.45, 7) is 11.7. The van der Waals surface area contributed by atoms with Crippen molar-refractivity contribution in [2.24, 2.45) is 52.3 Å². The van der Waals surface area contributed by atoms with E-state index in [2.05, 4.69) is 50.1 Å². The average Bonchev–Trinajstić information content (AvgIpc) is 3.41. The number of nitrogens with one attached hydrogen (secondary N) is 1. The fraction of sp³-hybridized carbons (Fsp3) is 0.900. The highest BCUT2D eigenvalue weighted by atomic mass is 32.1. The molecule has 0 unspecified atom stereocenters. The topological polar surface area (TPSA) is 95.3 Å². The van der Waals surface area contributed by atoms with Gasteiger partial charge in [0.15, 0.2) is 0 Å². The second-order valence-corrected chi connectivity index (χ2v) is 15.2. The summed E-state index contributed by atoms with van der Waals surface area (Å²) in [5.74, 6) is 3.68. The van der Waals surface area contributed by atoms with Crippen LogP contribution < -0.4 is 5.32 Å². The maximum atomic E-state index is 12.7. The van der Waals surface area contributed by atoms with E-state index in [0.29, 0.717) is 53.0 Å². The van der Waals surface area contributed by atoms with Gasteiger partial charge < -0.3 is 15.5 Å². The lowest BCUT2D eigenvalue weighted by Crippen LogP contribution is -2.58. The first kappa shape index (κ1) is 27.5. The molecule has 4 fully saturated rings. The lowest BCUT2D eigenvalue weighted by Gasteiger charge is -2.62. The van der Waals surface area contributed by atoms with E-state index in [1.54, 1.807) is 0 Å². The molecule has 7 heteroatoms. The van der Waals surface area contributed by atoms with Gasteiger partial charge in [0.2, 0.25) is 11.0 Å². The highest BCUT2D eigenvalue weighted by Crippen LogP contribution is 2.68. The highest BCUT2D eigenvalue weighted by Gasteiger charge is 2.62. The molecule has 1 amide bonds. The number of anilines is 1. The Bertz CT molecular complexity index is 968. The summed E-state index contributed by atoms with van der Waals surface area (Å²) >= 11 is 1.49. The van der Waals surface area contributed by atoms with Gasteiger partial charge in [-0.25, -0.2) is 0 Å². The van der Waals surface area contributed by atoms with Crippen molar-refractivity contribution in [1.82, 2.24) is 10.2 Å². The number of amides is 1. The molecule has 37 heavy (non-hydrogen) atoms. The van der Waals surface area contributed by atoms with Crippen molar-refractivity contribution < 1.29 is 15.0 Å². The molecule has 1 aromatic heterocycles. The van der Waals surface area contributed by atoms with Crippen LogP contribution in [0.15, 0.2) is 0 Å². The molecule has 0 radical (unpaired) electrons. The van der Waals surface area contributed by atoms with Gasteiger partial charge in [0.1, 0.15) is 5.01 Å². The summed E-state index contributed by atoms with van der Waals surface area (Å²) in [6, 6.07) is 0. The fourth-order valence-corrected chi connectivity index (χ4v) is 10.6. The van der Waals surface area contributed by atoms with Gasteiger partial charge in [0.25, 0.3) is 0 Å². The van der Waals surface area contributed by atoms with Crippen LogP contribution in [-0.4, -0.2) is 38.5 Å². The molecule has 4 aliphatic carbocycles. The number of carbonyl (C=O) groups is 1. The second-order valence-electron chi connectivity index (χ2n) is 14.1. The maximum Gasteiger partial charge on any atom is 0.226 e. The molecule has 0 spiro atoms. The number of aliphatic hydroxyl groups excluding tert-OH is 2. The average molecular weight is 532 g/mol. The minimum Gasteiger partial charge on any atom is -0.393 e. The van der Waals surface area contributed by atoms with Crippen LogP contribution in [0.4, 0.5) is 5.13 Å². The fourth-order valence-electron chi connectivity index (χ4n) is 9.65. The third-order valence-electron chi connectivity index (χ3n) is 11.5. The molecule has 0 saturated heterocycles. The molecule has 3 N–H and O–H groups in total. The molecule has 4 saturated carbocycles. The first-order valence-corrected chi connectivity index (χ1v) is 15.8. The number of rotatable bonds is 7. The zero-order chi connectivity index (χ0) is 26.5. The van der Waals surface area contributed by atoms with Crippen LogP contribution in [0.1, 0.15) is 104 Å². The van der Waals surface area contributed by atoms with Gasteiger partial charge in [-0.05, 0) is 110 Å². The molecule has 10 atom stereocenters. The van der Waals surface area contributed by atoms with E-state index in [9.17, 15) is 15.0 Å². The van der Waals surface area contributed by atoms with Crippen LogP contribution in [-0.2, 0) is 11.2 Å². The predicted molar refractivity (Wildman–Crippen MR) is 148 cm³/mol. The van der Waals surface area contributed by atoms with Gasteiger partial charge in [-0.1, -0.05) is 46.0 Å². The monoisotopic (exact) mass is 531 g/mol. The van der Waals surface area contributed by atoms with E-state index in [-0.39, 0.29) is 28.9 Å². The van der Waals surface area contributed by atoms with Crippen LogP contribution in [0.25, 0.3) is 0 Å². The number of aromatic nitrogens is 2. The number of hydrogen-bond donors (Lipinski definition) is 3. The lowest BCUT2D eigenvalue weighted by atomic mass is 9.43. The van der Waals surface area contributed by atoms with Gasteiger partial charge in [0, 0.05) is 12.8 Å². The van der Waals surface area contributed by atoms with Crippen LogP contribution >= 0.6 is 11.3 Å². The molecule has 5 rings (SSSR count). The first-order valence-electron chi connectivity index (χ1n) is 15.0. The standard InChI is InChI=1S/C30H49N3O3S/c1-17(2)14-26-32-33-28(37-26)31-25(36)9-6-18(3)21-7-8-22-27-23(11-13-30(21,22)5)29(4)12-10-20(34)15-19(29)16-24(27)35/h17-24,27,34-35H,6-16H2,1-5H3,(H,31,33,36)/t18-,19-,20-,21+,22-,23-,24+,27+,29+,30-/m1/s1. The number of nitrogens with zero attached hydrogens (tertiary/aromatic N) is 2. The lowest BCUT2D eigenvalue weighted by molar-refractivity contribution is -0.174. The summed E-state index contributed by atoms with van der Waals surface area (Å²) in [5, 5.41) is 34.7. The van der Waals surface area contributed by atoms with Crippen LogP contribution in [0.2, 0.25) is 0 Å². The number of aliphatic hydroxyl groups is 2. The number of carbonyl (C=O) groups excluding carboxylic acids is 1. The Morgan fingerprint density at radius 1 is 1.03 bits per heavy atom. The van der Waals surface area contributed by atoms with E-state index < -0.39 is 0 Å². The third kappa shape index (κ3) is 5.14. The zero-order valence-corrected chi connectivity index (χ0v) is 24.4. The van der Waals surface area contributed by atoms with Crippen LogP contribution in [0, 0.1) is 52.3 Å². The molecule has 0 aliphatic heterocycles. The Balaban J connectivity index is 1.20. The summed E-state index contributed by atoms with van der Waals surface area (Å²) in [7, 11) is 0. The third-order valence-corrected chi connectivity index (χ3v) is 12.4. The second kappa shape index (κ2) is 10.5. The Labute approximate surface area is 227 Å². The summed E-state index contributed by atoms with van der Waals surface area (Å²) in [6.07, 6.45) is 10.5. The van der Waals surface area contributed by atoms with Crippen molar-refractivity contribution >= 4 is 22.4 Å². The Hall–Kier alpha value is -1.05. The van der Waals surface area contributed by atoms with Crippen LogP contribution in [0.3, 0.4) is 0 Å². The van der Waals surface area contributed by atoms with Crippen molar-refractivity contribution in [2.75, 3.05) is 5.32 Å². The molecule has 0 aromatic carbocycles. The van der Waals surface area contributed by atoms with E-state index in [1.807, 2.05) is 0 Å². The van der Waals surface area contributed by atoms with Crippen molar-refractivity contribution in [2.45, 2.75) is 117 Å². The summed E-state index contributed by atoms with van der Waals surface area (Å²) < 4.78 is 0. The molecule has 4 aliphatic rings. The molecule has 208 valence electrons. The van der Waals surface area contributed by atoms with Crippen molar-refractivity contribution in [3.63, 3.8) is 0 Å². The molecule has 0 bridgehead atoms. The molecule has 6 nitrogen and oxygen atoms in total. The van der Waals surface area contributed by atoms with Crippen LogP contribution in [0.5, 0.6) is 0 Å². The first-order chi connectivity index (χ1) is 17.5. The van der Waals surface area contributed by atoms with Crippen molar-refractivity contribution in [3.05, 3.63) is 5.01 Å². The Morgan fingerprint density at radius 3 is 2.51 bits per heavy atom. The van der Waals surface area contributed by atoms with Crippen molar-refractivity contribution in [1.29, 1.82) is 0 Å². The number of hydrogen-bond acceptors (Lipinski definition) is 6. The van der Waals surface area contributed by atoms with E-state index in [0.717, 1.165) is 43.5 Å². The molecular formula is C30H49N3O3S. The zero-order valence-electron chi connectivity index (χ0n) is 23.6. The normalized spacial score (nSPS) is 42.1. The van der Waals surface area contributed by atoms with Gasteiger partial charge in [-0.3, -0.25) is 4.79 Å². The Kier molecular flexibility index (Phi) is 7.81. The van der Waals surface area contributed by atoms with Gasteiger partial charge >= 0.3 is 0 Å².